The summed E-state index contributed by atoms with van der Waals surface area (Å²) < 4.78 is 0. The first-order chi connectivity index (χ1) is 11.1. The van der Waals surface area contributed by atoms with Crippen LogP contribution < -0.4 is 10.6 Å². The molecule has 1 aliphatic rings. The van der Waals surface area contributed by atoms with Crippen LogP contribution in [0.3, 0.4) is 0 Å². The summed E-state index contributed by atoms with van der Waals surface area (Å²) in [5, 5.41) is 5.72. The van der Waals surface area contributed by atoms with Crippen LogP contribution in [0.15, 0.2) is 24.3 Å². The molecule has 0 aliphatic carbocycles. The van der Waals surface area contributed by atoms with Gasteiger partial charge in [-0.2, -0.15) is 0 Å². The number of carbonyl (C=O) groups is 2. The van der Waals surface area contributed by atoms with Gasteiger partial charge in [-0.3, -0.25) is 9.59 Å². The minimum atomic E-state index is -0.198. The van der Waals surface area contributed by atoms with Gasteiger partial charge in [-0.05, 0) is 44.4 Å². The average molecular weight is 317 g/mol. The van der Waals surface area contributed by atoms with Crippen molar-refractivity contribution in [2.24, 2.45) is 0 Å². The number of benzene rings is 1. The lowest BCUT2D eigenvalue weighted by Gasteiger charge is -2.32. The number of rotatable bonds is 6. The van der Waals surface area contributed by atoms with Crippen molar-refractivity contribution in [1.29, 1.82) is 0 Å². The summed E-state index contributed by atoms with van der Waals surface area (Å²) in [7, 11) is 0. The van der Waals surface area contributed by atoms with Gasteiger partial charge in [0.1, 0.15) is 0 Å². The lowest BCUT2D eigenvalue weighted by molar-refractivity contribution is -0.121. The van der Waals surface area contributed by atoms with Gasteiger partial charge in [0.2, 0.25) is 5.91 Å². The van der Waals surface area contributed by atoms with Gasteiger partial charge >= 0.3 is 0 Å². The highest BCUT2D eigenvalue weighted by atomic mass is 16.2. The van der Waals surface area contributed by atoms with Gasteiger partial charge in [-0.1, -0.05) is 25.1 Å². The second-order valence-electron chi connectivity index (χ2n) is 6.18. The molecule has 0 atom stereocenters. The third-order valence-corrected chi connectivity index (χ3v) is 4.29. The van der Waals surface area contributed by atoms with Crippen molar-refractivity contribution < 1.29 is 9.59 Å². The van der Waals surface area contributed by atoms with Gasteiger partial charge in [0.05, 0.1) is 6.54 Å². The van der Waals surface area contributed by atoms with E-state index in [0.717, 1.165) is 38.0 Å². The maximum Gasteiger partial charge on any atom is 0.251 e. The van der Waals surface area contributed by atoms with E-state index in [-0.39, 0.29) is 24.4 Å². The average Bonchev–Trinajstić information content (AvgIpc) is 2.55. The fourth-order valence-corrected chi connectivity index (χ4v) is 2.98. The van der Waals surface area contributed by atoms with E-state index >= 15 is 0 Å². The Labute approximate surface area is 138 Å². The summed E-state index contributed by atoms with van der Waals surface area (Å²) in [5.74, 6) is -0.308. The SMILES string of the molecule is CCCN1CCC(NC(=O)CNC(=O)c2ccccc2C)CC1. The molecule has 0 bridgehead atoms. The first kappa shape index (κ1) is 17.5. The third kappa shape index (κ3) is 5.36. The molecule has 2 rings (SSSR count). The molecule has 126 valence electrons. The maximum atomic E-state index is 12.1. The number of likely N-dealkylation sites (tertiary alicyclic amines) is 1. The van der Waals surface area contributed by atoms with Crippen molar-refractivity contribution in [3.05, 3.63) is 35.4 Å². The van der Waals surface area contributed by atoms with E-state index < -0.39 is 0 Å². The van der Waals surface area contributed by atoms with Gasteiger partial charge in [0.25, 0.3) is 5.91 Å². The van der Waals surface area contributed by atoms with Gasteiger partial charge in [-0.15, -0.1) is 0 Å². The molecule has 0 saturated carbocycles. The number of nitrogens with zero attached hydrogens (tertiary/aromatic N) is 1. The molecule has 5 nitrogen and oxygen atoms in total. The molecule has 1 aromatic carbocycles. The van der Waals surface area contributed by atoms with E-state index in [0.29, 0.717) is 5.56 Å². The topological polar surface area (TPSA) is 61.4 Å². The van der Waals surface area contributed by atoms with E-state index in [1.54, 1.807) is 6.07 Å². The lowest BCUT2D eigenvalue weighted by atomic mass is 10.0. The predicted octanol–water partition coefficient (Wildman–Crippen LogP) is 1.72. The van der Waals surface area contributed by atoms with Crippen molar-refractivity contribution in [1.82, 2.24) is 15.5 Å². The zero-order valence-corrected chi connectivity index (χ0v) is 14.1. The molecule has 23 heavy (non-hydrogen) atoms. The minimum Gasteiger partial charge on any atom is -0.352 e. The molecule has 2 amide bonds. The fraction of sp³-hybridized carbons (Fsp3) is 0.556. The Kier molecular flexibility index (Phi) is 6.59. The monoisotopic (exact) mass is 317 g/mol. The molecule has 1 heterocycles. The normalized spacial score (nSPS) is 16.1. The summed E-state index contributed by atoms with van der Waals surface area (Å²) in [6.07, 6.45) is 3.14. The molecule has 0 radical (unpaired) electrons. The fourth-order valence-electron chi connectivity index (χ4n) is 2.98. The number of nitrogens with one attached hydrogen (secondary N) is 2. The molecule has 1 aliphatic heterocycles. The molecule has 1 fully saturated rings. The van der Waals surface area contributed by atoms with Crippen molar-refractivity contribution in [2.75, 3.05) is 26.2 Å². The second kappa shape index (κ2) is 8.67. The number of piperidine rings is 1. The van der Waals surface area contributed by atoms with Crippen molar-refractivity contribution in [3.8, 4) is 0 Å². The van der Waals surface area contributed by atoms with Crippen LogP contribution in [0.5, 0.6) is 0 Å². The molecule has 0 spiro atoms. The molecular formula is C18H27N3O2. The van der Waals surface area contributed by atoms with Gasteiger partial charge in [-0.25, -0.2) is 0 Å². The lowest BCUT2D eigenvalue weighted by Crippen LogP contribution is -2.47. The van der Waals surface area contributed by atoms with Crippen LogP contribution in [0, 0.1) is 6.92 Å². The number of hydrogen-bond acceptors (Lipinski definition) is 3. The molecule has 0 unspecified atom stereocenters. The highest BCUT2D eigenvalue weighted by Gasteiger charge is 2.20. The highest BCUT2D eigenvalue weighted by molar-refractivity contribution is 5.97. The van der Waals surface area contributed by atoms with Crippen molar-refractivity contribution in [3.63, 3.8) is 0 Å². The number of amides is 2. The van der Waals surface area contributed by atoms with Crippen LogP contribution in [0.25, 0.3) is 0 Å². The van der Waals surface area contributed by atoms with Crippen LogP contribution in [0.4, 0.5) is 0 Å². The molecular weight excluding hydrogens is 290 g/mol. The summed E-state index contributed by atoms with van der Waals surface area (Å²) in [6, 6.07) is 7.60. The van der Waals surface area contributed by atoms with Crippen LogP contribution in [-0.4, -0.2) is 48.9 Å². The first-order valence-corrected chi connectivity index (χ1v) is 8.45. The Hall–Kier alpha value is -1.88. The third-order valence-electron chi connectivity index (χ3n) is 4.29. The number of carbonyl (C=O) groups excluding carboxylic acids is 2. The zero-order valence-electron chi connectivity index (χ0n) is 14.1. The summed E-state index contributed by atoms with van der Waals surface area (Å²) in [4.78, 5) is 26.5. The van der Waals surface area contributed by atoms with Crippen LogP contribution in [-0.2, 0) is 4.79 Å². The molecule has 2 N–H and O–H groups in total. The Morgan fingerprint density at radius 2 is 1.91 bits per heavy atom. The van der Waals surface area contributed by atoms with Crippen molar-refractivity contribution in [2.45, 2.75) is 39.2 Å². The second-order valence-corrected chi connectivity index (χ2v) is 6.18. The van der Waals surface area contributed by atoms with Crippen molar-refractivity contribution >= 4 is 11.8 Å². The van der Waals surface area contributed by atoms with Crippen LogP contribution >= 0.6 is 0 Å². The predicted molar refractivity (Wildman–Crippen MR) is 91.4 cm³/mol. The molecule has 1 aromatic rings. The van der Waals surface area contributed by atoms with Gasteiger partial charge in [0.15, 0.2) is 0 Å². The standard InChI is InChI=1S/C18H27N3O2/c1-3-10-21-11-8-15(9-12-21)20-17(22)13-19-18(23)16-7-5-4-6-14(16)2/h4-7,15H,3,8-13H2,1-2H3,(H,19,23)(H,20,22). The van der Waals surface area contributed by atoms with E-state index in [2.05, 4.69) is 22.5 Å². The number of hydrogen-bond donors (Lipinski definition) is 2. The summed E-state index contributed by atoms with van der Waals surface area (Å²) >= 11 is 0. The van der Waals surface area contributed by atoms with Crippen LogP contribution in [0.1, 0.15) is 42.1 Å². The summed E-state index contributed by atoms with van der Waals surface area (Å²) in [6.45, 7) is 7.31. The molecule has 1 saturated heterocycles. The van der Waals surface area contributed by atoms with E-state index in [1.165, 1.54) is 6.42 Å². The van der Waals surface area contributed by atoms with Crippen LogP contribution in [0.2, 0.25) is 0 Å². The molecule has 5 heteroatoms. The quantitative estimate of drug-likeness (QED) is 0.840. The Morgan fingerprint density at radius 3 is 2.57 bits per heavy atom. The highest BCUT2D eigenvalue weighted by Crippen LogP contribution is 2.10. The van der Waals surface area contributed by atoms with Gasteiger partial charge in [0, 0.05) is 24.7 Å². The molecule has 0 aromatic heterocycles. The minimum absolute atomic E-state index is 0.0301. The Morgan fingerprint density at radius 1 is 1.22 bits per heavy atom. The van der Waals surface area contributed by atoms with E-state index in [9.17, 15) is 9.59 Å². The van der Waals surface area contributed by atoms with E-state index in [1.807, 2.05) is 25.1 Å². The largest absolute Gasteiger partial charge is 0.352 e. The zero-order chi connectivity index (χ0) is 16.7. The van der Waals surface area contributed by atoms with E-state index in [4.69, 9.17) is 0 Å². The number of aryl methyl sites for hydroxylation is 1. The first-order valence-electron chi connectivity index (χ1n) is 8.45. The maximum absolute atomic E-state index is 12.1. The summed E-state index contributed by atoms with van der Waals surface area (Å²) in [5.41, 5.74) is 1.53. The Bertz CT molecular complexity index is 537. The Balaban J connectivity index is 1.71. The van der Waals surface area contributed by atoms with Gasteiger partial charge < -0.3 is 15.5 Å². The smallest absolute Gasteiger partial charge is 0.251 e.